The molecule has 0 saturated carbocycles. The minimum absolute atomic E-state index is 0.116. The number of hydrogen-bond donors (Lipinski definition) is 1. The number of amides is 1. The standard InChI is InChI=1S/C23H30N2O3/c1-17-4-7-21(28-17)14-24-23(26)9-6-18-3-2-11-25(15-18)16-19-5-8-22-20(13-19)10-12-27-22/h4-5,7-8,13,18H,2-3,6,9-12,14-16H2,1H3,(H,24,26). The van der Waals surface area contributed by atoms with Gasteiger partial charge < -0.3 is 14.5 Å². The average Bonchev–Trinajstić information content (AvgIpc) is 3.33. The van der Waals surface area contributed by atoms with Crippen molar-refractivity contribution in [2.24, 2.45) is 5.92 Å². The molecule has 3 heterocycles. The zero-order valence-corrected chi connectivity index (χ0v) is 16.7. The molecule has 0 aliphatic carbocycles. The van der Waals surface area contributed by atoms with Gasteiger partial charge in [-0.3, -0.25) is 9.69 Å². The number of carbonyl (C=O) groups is 1. The van der Waals surface area contributed by atoms with Crippen LogP contribution in [-0.4, -0.2) is 30.5 Å². The van der Waals surface area contributed by atoms with E-state index >= 15 is 0 Å². The molecule has 2 aliphatic rings. The predicted molar refractivity (Wildman–Crippen MR) is 108 cm³/mol. The average molecular weight is 383 g/mol. The molecule has 1 aromatic carbocycles. The van der Waals surface area contributed by atoms with Gasteiger partial charge in [0.05, 0.1) is 13.2 Å². The van der Waals surface area contributed by atoms with Gasteiger partial charge in [-0.1, -0.05) is 12.1 Å². The summed E-state index contributed by atoms with van der Waals surface area (Å²) in [5, 5.41) is 2.97. The molecule has 5 heteroatoms. The van der Waals surface area contributed by atoms with Gasteiger partial charge in [0.1, 0.15) is 17.3 Å². The summed E-state index contributed by atoms with van der Waals surface area (Å²) < 4.78 is 11.1. The van der Waals surface area contributed by atoms with E-state index < -0.39 is 0 Å². The van der Waals surface area contributed by atoms with Crippen LogP contribution in [-0.2, 0) is 24.3 Å². The number of rotatable bonds is 7. The Morgan fingerprint density at radius 3 is 3.07 bits per heavy atom. The molecule has 1 N–H and O–H groups in total. The first kappa shape index (κ1) is 19.1. The van der Waals surface area contributed by atoms with Crippen molar-refractivity contribution in [2.45, 2.75) is 52.1 Å². The fraction of sp³-hybridized carbons (Fsp3) is 0.522. The third-order valence-corrected chi connectivity index (χ3v) is 5.80. The van der Waals surface area contributed by atoms with Crippen molar-refractivity contribution in [3.8, 4) is 5.75 Å². The van der Waals surface area contributed by atoms with Crippen molar-refractivity contribution in [3.63, 3.8) is 0 Å². The number of nitrogens with one attached hydrogen (secondary N) is 1. The molecule has 2 aliphatic heterocycles. The summed E-state index contributed by atoms with van der Waals surface area (Å²) in [5.74, 6) is 3.46. The fourth-order valence-electron chi connectivity index (χ4n) is 4.32. The molecule has 28 heavy (non-hydrogen) atoms. The second-order valence-corrected chi connectivity index (χ2v) is 8.11. The minimum Gasteiger partial charge on any atom is -0.493 e. The quantitative estimate of drug-likeness (QED) is 0.791. The van der Waals surface area contributed by atoms with Gasteiger partial charge in [-0.15, -0.1) is 0 Å². The first-order valence-corrected chi connectivity index (χ1v) is 10.4. The molecule has 1 unspecified atom stereocenters. The molecule has 150 valence electrons. The van der Waals surface area contributed by atoms with Crippen LogP contribution in [0.4, 0.5) is 0 Å². The van der Waals surface area contributed by atoms with Crippen molar-refractivity contribution in [1.29, 1.82) is 0 Å². The summed E-state index contributed by atoms with van der Waals surface area (Å²) in [6.07, 6.45) is 5.01. The molecule has 0 radical (unpaired) electrons. The van der Waals surface area contributed by atoms with Crippen LogP contribution in [0.1, 0.15) is 48.3 Å². The number of ether oxygens (including phenoxy) is 1. The molecule has 0 spiro atoms. The highest BCUT2D eigenvalue weighted by molar-refractivity contribution is 5.75. The highest BCUT2D eigenvalue weighted by atomic mass is 16.5. The smallest absolute Gasteiger partial charge is 0.220 e. The number of piperidine rings is 1. The molecule has 5 nitrogen and oxygen atoms in total. The van der Waals surface area contributed by atoms with Crippen molar-refractivity contribution in [1.82, 2.24) is 10.2 Å². The summed E-state index contributed by atoms with van der Waals surface area (Å²) >= 11 is 0. The Morgan fingerprint density at radius 1 is 1.29 bits per heavy atom. The van der Waals surface area contributed by atoms with Crippen LogP contribution in [0, 0.1) is 12.8 Å². The molecule has 2 aromatic rings. The van der Waals surface area contributed by atoms with E-state index in [-0.39, 0.29) is 5.91 Å². The van der Waals surface area contributed by atoms with Gasteiger partial charge >= 0.3 is 0 Å². The van der Waals surface area contributed by atoms with Gasteiger partial charge in [-0.05, 0) is 68.0 Å². The zero-order valence-electron chi connectivity index (χ0n) is 16.7. The second-order valence-electron chi connectivity index (χ2n) is 8.11. The number of likely N-dealkylation sites (tertiary alicyclic amines) is 1. The lowest BCUT2D eigenvalue weighted by Gasteiger charge is -2.32. The number of fused-ring (bicyclic) bond motifs is 1. The van der Waals surface area contributed by atoms with E-state index in [1.54, 1.807) is 0 Å². The lowest BCUT2D eigenvalue weighted by Crippen LogP contribution is -2.35. The SMILES string of the molecule is Cc1ccc(CNC(=O)CCC2CCCN(Cc3ccc4c(c3)CCO4)C2)o1. The maximum absolute atomic E-state index is 12.2. The number of carbonyl (C=O) groups excluding carboxylic acids is 1. The molecule has 4 rings (SSSR count). The van der Waals surface area contributed by atoms with Gasteiger partial charge in [0.25, 0.3) is 0 Å². The number of furan rings is 1. The first-order valence-electron chi connectivity index (χ1n) is 10.4. The lowest BCUT2D eigenvalue weighted by atomic mass is 9.93. The molecule has 1 fully saturated rings. The summed E-state index contributed by atoms with van der Waals surface area (Å²) in [4.78, 5) is 14.7. The van der Waals surface area contributed by atoms with E-state index in [2.05, 4.69) is 28.4 Å². The van der Waals surface area contributed by atoms with E-state index in [1.165, 1.54) is 24.0 Å². The normalized spacial score (nSPS) is 19.2. The Morgan fingerprint density at radius 2 is 2.21 bits per heavy atom. The number of hydrogen-bond acceptors (Lipinski definition) is 4. The largest absolute Gasteiger partial charge is 0.493 e. The Balaban J connectivity index is 1.21. The summed E-state index contributed by atoms with van der Waals surface area (Å²) in [7, 11) is 0. The molecular formula is C23H30N2O3. The third-order valence-electron chi connectivity index (χ3n) is 5.80. The van der Waals surface area contributed by atoms with Crippen LogP contribution in [0.15, 0.2) is 34.7 Å². The molecular weight excluding hydrogens is 352 g/mol. The molecule has 1 aromatic heterocycles. The maximum Gasteiger partial charge on any atom is 0.220 e. The second kappa shape index (κ2) is 8.82. The van der Waals surface area contributed by atoms with E-state index in [4.69, 9.17) is 9.15 Å². The van der Waals surface area contributed by atoms with Crippen LogP contribution in [0.2, 0.25) is 0 Å². The van der Waals surface area contributed by atoms with Crippen molar-refractivity contribution < 1.29 is 13.9 Å². The summed E-state index contributed by atoms with van der Waals surface area (Å²) in [6, 6.07) is 10.4. The molecule has 1 amide bonds. The topological polar surface area (TPSA) is 54.7 Å². The van der Waals surface area contributed by atoms with Crippen LogP contribution in [0.25, 0.3) is 0 Å². The lowest BCUT2D eigenvalue weighted by molar-refractivity contribution is -0.121. The Bertz CT molecular complexity index is 814. The monoisotopic (exact) mass is 382 g/mol. The van der Waals surface area contributed by atoms with Gasteiger partial charge in [0.15, 0.2) is 0 Å². The van der Waals surface area contributed by atoms with Gasteiger partial charge in [-0.25, -0.2) is 0 Å². The Labute approximate surface area is 167 Å². The highest BCUT2D eigenvalue weighted by Crippen LogP contribution is 2.28. The number of aryl methyl sites for hydroxylation is 1. The summed E-state index contributed by atoms with van der Waals surface area (Å²) in [5.41, 5.74) is 2.71. The minimum atomic E-state index is 0.116. The van der Waals surface area contributed by atoms with Crippen molar-refractivity contribution in [3.05, 3.63) is 53.0 Å². The molecule has 1 atom stereocenters. The predicted octanol–water partition coefficient (Wildman–Crippen LogP) is 3.83. The van der Waals surface area contributed by atoms with Crippen LogP contribution < -0.4 is 10.1 Å². The van der Waals surface area contributed by atoms with E-state index in [1.807, 2.05) is 19.1 Å². The number of nitrogens with zero attached hydrogens (tertiary/aromatic N) is 1. The highest BCUT2D eigenvalue weighted by Gasteiger charge is 2.21. The van der Waals surface area contributed by atoms with Gasteiger partial charge in [0, 0.05) is 25.9 Å². The van der Waals surface area contributed by atoms with Crippen LogP contribution in [0.5, 0.6) is 5.75 Å². The maximum atomic E-state index is 12.2. The van der Waals surface area contributed by atoms with Crippen LogP contribution >= 0.6 is 0 Å². The molecule has 1 saturated heterocycles. The van der Waals surface area contributed by atoms with Gasteiger partial charge in [0.2, 0.25) is 5.91 Å². The van der Waals surface area contributed by atoms with Gasteiger partial charge in [-0.2, -0.15) is 0 Å². The van der Waals surface area contributed by atoms with Crippen molar-refractivity contribution >= 4 is 5.91 Å². The zero-order chi connectivity index (χ0) is 19.3. The number of benzene rings is 1. The first-order chi connectivity index (χ1) is 13.7. The molecule has 0 bridgehead atoms. The third kappa shape index (κ3) is 4.96. The van der Waals surface area contributed by atoms with E-state index in [9.17, 15) is 4.79 Å². The fourth-order valence-corrected chi connectivity index (χ4v) is 4.32. The van der Waals surface area contributed by atoms with Crippen molar-refractivity contribution in [2.75, 3.05) is 19.7 Å². The van der Waals surface area contributed by atoms with E-state index in [0.29, 0.717) is 18.9 Å². The Kier molecular flexibility index (Phi) is 6.01. The van der Waals surface area contributed by atoms with E-state index in [0.717, 1.165) is 56.4 Å². The summed E-state index contributed by atoms with van der Waals surface area (Å²) in [6.45, 7) is 6.43. The Hall–Kier alpha value is -2.27. The van der Waals surface area contributed by atoms with Crippen LogP contribution in [0.3, 0.4) is 0 Å².